The lowest BCUT2D eigenvalue weighted by Crippen LogP contribution is -2.51. The van der Waals surface area contributed by atoms with E-state index < -0.39 is 11.5 Å². The number of nitrogens with zero attached hydrogens (tertiary/aromatic N) is 1. The standard InChI is InChI=1S/C18H23N3O5/c1-4-18(10-9-14(22)20-16(18)24)12-5-7-13(8-6-12)19-15(23)11-21(2)17(25)26-3/h5-8H,4,9-11H2,1-3H3,(H,19,23)(H,20,22,24). The van der Waals surface area contributed by atoms with Gasteiger partial charge in [-0.2, -0.15) is 0 Å². The van der Waals surface area contributed by atoms with Gasteiger partial charge >= 0.3 is 6.09 Å². The molecule has 1 atom stereocenters. The lowest BCUT2D eigenvalue weighted by Gasteiger charge is -2.35. The summed E-state index contributed by atoms with van der Waals surface area (Å²) in [5.74, 6) is -0.901. The Morgan fingerprint density at radius 1 is 1.27 bits per heavy atom. The smallest absolute Gasteiger partial charge is 0.409 e. The maximum atomic E-state index is 12.4. The highest BCUT2D eigenvalue weighted by molar-refractivity contribution is 6.03. The van der Waals surface area contributed by atoms with Gasteiger partial charge in [0.1, 0.15) is 6.54 Å². The maximum absolute atomic E-state index is 12.4. The highest BCUT2D eigenvalue weighted by Gasteiger charge is 2.42. The Labute approximate surface area is 151 Å². The molecule has 8 nitrogen and oxygen atoms in total. The lowest BCUT2D eigenvalue weighted by atomic mass is 9.72. The van der Waals surface area contributed by atoms with Crippen LogP contribution in [-0.4, -0.2) is 49.4 Å². The van der Waals surface area contributed by atoms with Gasteiger partial charge in [-0.1, -0.05) is 19.1 Å². The topological polar surface area (TPSA) is 105 Å². The third-order valence-corrected chi connectivity index (χ3v) is 4.66. The molecule has 2 rings (SSSR count). The van der Waals surface area contributed by atoms with Gasteiger partial charge in [-0.15, -0.1) is 0 Å². The van der Waals surface area contributed by atoms with Crippen LogP contribution >= 0.6 is 0 Å². The number of likely N-dealkylation sites (N-methyl/N-ethyl adjacent to an activating group) is 1. The lowest BCUT2D eigenvalue weighted by molar-refractivity contribution is -0.138. The van der Waals surface area contributed by atoms with Gasteiger partial charge in [0.15, 0.2) is 0 Å². The minimum absolute atomic E-state index is 0.141. The molecule has 26 heavy (non-hydrogen) atoms. The van der Waals surface area contributed by atoms with Crippen LogP contribution in [0.1, 0.15) is 31.7 Å². The van der Waals surface area contributed by atoms with E-state index >= 15 is 0 Å². The van der Waals surface area contributed by atoms with Crippen molar-refractivity contribution >= 4 is 29.5 Å². The number of piperidine rings is 1. The molecule has 1 aliphatic heterocycles. The van der Waals surface area contributed by atoms with E-state index in [0.717, 1.165) is 10.5 Å². The van der Waals surface area contributed by atoms with Crippen molar-refractivity contribution in [1.29, 1.82) is 0 Å². The number of carbonyl (C=O) groups is 4. The SMILES string of the molecule is CCC1(c2ccc(NC(=O)CN(C)C(=O)OC)cc2)CCC(=O)NC1=O. The highest BCUT2D eigenvalue weighted by Crippen LogP contribution is 2.36. The number of anilines is 1. The fourth-order valence-electron chi connectivity index (χ4n) is 3.08. The molecule has 140 valence electrons. The molecule has 8 heteroatoms. The van der Waals surface area contributed by atoms with E-state index in [1.54, 1.807) is 24.3 Å². The molecular weight excluding hydrogens is 338 g/mol. The van der Waals surface area contributed by atoms with E-state index in [1.807, 2.05) is 6.92 Å². The monoisotopic (exact) mass is 361 g/mol. The predicted molar refractivity (Wildman–Crippen MR) is 94.5 cm³/mol. The van der Waals surface area contributed by atoms with Gasteiger partial charge in [0.25, 0.3) is 0 Å². The summed E-state index contributed by atoms with van der Waals surface area (Å²) in [5.41, 5.74) is 0.618. The van der Waals surface area contributed by atoms with Gasteiger partial charge in [0.05, 0.1) is 12.5 Å². The molecule has 2 N–H and O–H groups in total. The van der Waals surface area contributed by atoms with Gasteiger partial charge in [0, 0.05) is 19.2 Å². The number of hydrogen-bond acceptors (Lipinski definition) is 5. The third kappa shape index (κ3) is 4.01. The quantitative estimate of drug-likeness (QED) is 0.772. The Bertz CT molecular complexity index is 716. The number of carbonyl (C=O) groups excluding carboxylic acids is 4. The summed E-state index contributed by atoms with van der Waals surface area (Å²) in [5, 5.41) is 5.09. The first kappa shape index (κ1) is 19.4. The van der Waals surface area contributed by atoms with E-state index in [0.29, 0.717) is 24.9 Å². The third-order valence-electron chi connectivity index (χ3n) is 4.66. The first-order valence-corrected chi connectivity index (χ1v) is 8.36. The number of rotatable bonds is 5. The van der Waals surface area contributed by atoms with Crippen LogP contribution in [0.2, 0.25) is 0 Å². The number of amides is 4. The minimum Gasteiger partial charge on any atom is -0.453 e. The molecule has 1 heterocycles. The Balaban J connectivity index is 2.08. The van der Waals surface area contributed by atoms with Crippen molar-refractivity contribution in [2.75, 3.05) is 26.0 Å². The average Bonchev–Trinajstić information content (AvgIpc) is 2.62. The van der Waals surface area contributed by atoms with Crippen LogP contribution in [0.4, 0.5) is 10.5 Å². The molecule has 0 radical (unpaired) electrons. The fraction of sp³-hybridized carbons (Fsp3) is 0.444. The molecule has 0 spiro atoms. The summed E-state index contributed by atoms with van der Waals surface area (Å²) in [6.07, 6.45) is 0.738. The summed E-state index contributed by atoms with van der Waals surface area (Å²) in [6.45, 7) is 1.77. The van der Waals surface area contributed by atoms with Gasteiger partial charge in [-0.05, 0) is 30.5 Å². The molecule has 1 fully saturated rings. The first-order chi connectivity index (χ1) is 12.3. The number of ether oxygens (including phenoxy) is 1. The molecule has 4 amide bonds. The van der Waals surface area contributed by atoms with E-state index in [2.05, 4.69) is 15.4 Å². The second-order valence-electron chi connectivity index (χ2n) is 6.26. The molecule has 1 aromatic rings. The zero-order valence-corrected chi connectivity index (χ0v) is 15.1. The van der Waals surface area contributed by atoms with Crippen molar-refractivity contribution in [1.82, 2.24) is 10.2 Å². The van der Waals surface area contributed by atoms with Crippen molar-refractivity contribution in [3.8, 4) is 0 Å². The van der Waals surface area contributed by atoms with Crippen molar-refractivity contribution < 1.29 is 23.9 Å². The molecule has 0 bridgehead atoms. The van der Waals surface area contributed by atoms with Crippen LogP contribution in [0, 0.1) is 0 Å². The Hall–Kier alpha value is -2.90. The molecule has 0 aromatic heterocycles. The van der Waals surface area contributed by atoms with Crippen LogP contribution in [0.3, 0.4) is 0 Å². The van der Waals surface area contributed by atoms with Crippen LogP contribution in [-0.2, 0) is 24.5 Å². The predicted octanol–water partition coefficient (Wildman–Crippen LogP) is 1.41. The zero-order chi connectivity index (χ0) is 19.3. The summed E-state index contributed by atoms with van der Waals surface area (Å²) in [7, 11) is 2.70. The molecule has 1 aromatic carbocycles. The molecular formula is C18H23N3O5. The van der Waals surface area contributed by atoms with Crippen LogP contribution < -0.4 is 10.6 Å². The van der Waals surface area contributed by atoms with E-state index in [1.165, 1.54) is 14.2 Å². The van der Waals surface area contributed by atoms with Crippen molar-refractivity contribution in [2.24, 2.45) is 0 Å². The van der Waals surface area contributed by atoms with Crippen LogP contribution in [0.15, 0.2) is 24.3 Å². The summed E-state index contributed by atoms with van der Waals surface area (Å²) >= 11 is 0. The first-order valence-electron chi connectivity index (χ1n) is 8.36. The van der Waals surface area contributed by atoms with Crippen molar-refractivity contribution in [3.05, 3.63) is 29.8 Å². The summed E-state index contributed by atoms with van der Waals surface area (Å²) < 4.78 is 4.53. The molecule has 1 aliphatic rings. The summed E-state index contributed by atoms with van der Waals surface area (Å²) in [4.78, 5) is 48.2. The van der Waals surface area contributed by atoms with E-state index in [-0.39, 0.29) is 24.3 Å². The Morgan fingerprint density at radius 2 is 1.92 bits per heavy atom. The number of methoxy groups -OCH3 is 1. The Morgan fingerprint density at radius 3 is 2.46 bits per heavy atom. The number of imide groups is 1. The van der Waals surface area contributed by atoms with Crippen molar-refractivity contribution in [2.45, 2.75) is 31.6 Å². The van der Waals surface area contributed by atoms with Crippen LogP contribution in [0.25, 0.3) is 0 Å². The zero-order valence-electron chi connectivity index (χ0n) is 15.1. The Kier molecular flexibility index (Phi) is 5.97. The molecule has 0 saturated carbocycles. The number of nitrogens with one attached hydrogen (secondary N) is 2. The normalized spacial score (nSPS) is 19.5. The molecule has 0 aliphatic carbocycles. The molecule has 1 saturated heterocycles. The minimum atomic E-state index is -0.735. The van der Waals surface area contributed by atoms with Gasteiger partial charge in [-0.25, -0.2) is 4.79 Å². The van der Waals surface area contributed by atoms with Gasteiger partial charge in [-0.3, -0.25) is 19.7 Å². The maximum Gasteiger partial charge on any atom is 0.409 e. The number of benzene rings is 1. The highest BCUT2D eigenvalue weighted by atomic mass is 16.5. The second-order valence-corrected chi connectivity index (χ2v) is 6.26. The number of hydrogen-bond donors (Lipinski definition) is 2. The largest absolute Gasteiger partial charge is 0.453 e. The molecule has 1 unspecified atom stereocenters. The van der Waals surface area contributed by atoms with E-state index in [4.69, 9.17) is 0 Å². The van der Waals surface area contributed by atoms with Crippen molar-refractivity contribution in [3.63, 3.8) is 0 Å². The van der Waals surface area contributed by atoms with Gasteiger partial charge < -0.3 is 15.0 Å². The van der Waals surface area contributed by atoms with E-state index in [9.17, 15) is 19.2 Å². The van der Waals surface area contributed by atoms with Crippen LogP contribution in [0.5, 0.6) is 0 Å². The fourth-order valence-corrected chi connectivity index (χ4v) is 3.08. The average molecular weight is 361 g/mol. The summed E-state index contributed by atoms with van der Waals surface area (Å²) in [6, 6.07) is 6.95. The van der Waals surface area contributed by atoms with Gasteiger partial charge in [0.2, 0.25) is 17.7 Å². The second kappa shape index (κ2) is 7.99.